The van der Waals surface area contributed by atoms with Gasteiger partial charge in [0.05, 0.1) is 30.7 Å². The molecule has 0 aliphatic heterocycles. The van der Waals surface area contributed by atoms with Crippen molar-refractivity contribution in [3.8, 4) is 11.3 Å². The lowest BCUT2D eigenvalue weighted by Gasteiger charge is -2.21. The Balaban J connectivity index is 1.47. The van der Waals surface area contributed by atoms with Crippen molar-refractivity contribution in [2.45, 2.75) is 32.4 Å². The first-order valence-corrected chi connectivity index (χ1v) is 10.5. The van der Waals surface area contributed by atoms with Gasteiger partial charge in [0.25, 0.3) is 5.91 Å². The van der Waals surface area contributed by atoms with Gasteiger partial charge in [-0.1, -0.05) is 30.3 Å². The van der Waals surface area contributed by atoms with Crippen molar-refractivity contribution < 1.29 is 9.21 Å². The van der Waals surface area contributed by atoms with Gasteiger partial charge in [0, 0.05) is 25.4 Å². The molecule has 158 valence electrons. The van der Waals surface area contributed by atoms with Crippen molar-refractivity contribution in [3.05, 3.63) is 83.2 Å². The second-order valence-electron chi connectivity index (χ2n) is 7.99. The molecule has 5 rings (SSSR count). The largest absolute Gasteiger partial charge is 0.467 e. The summed E-state index contributed by atoms with van der Waals surface area (Å²) >= 11 is 0. The molecule has 1 aromatic carbocycles. The van der Waals surface area contributed by atoms with E-state index < -0.39 is 0 Å². The fourth-order valence-electron chi connectivity index (χ4n) is 4.37. The number of hydrogen-bond acceptors (Lipinski definition) is 4. The number of nitrogens with zero attached hydrogens (tertiary/aromatic N) is 5. The van der Waals surface area contributed by atoms with Crippen LogP contribution in [-0.4, -0.2) is 30.4 Å². The molecule has 0 unspecified atom stereocenters. The first-order chi connectivity index (χ1) is 15.1. The number of benzene rings is 1. The van der Waals surface area contributed by atoms with Crippen LogP contribution in [0.25, 0.3) is 11.3 Å². The summed E-state index contributed by atoms with van der Waals surface area (Å²) in [6.45, 7) is 0.817. The molecular formula is C24H25N5O2. The zero-order chi connectivity index (χ0) is 21.4. The predicted molar refractivity (Wildman–Crippen MR) is 116 cm³/mol. The molecule has 0 N–H and O–H groups in total. The molecule has 0 saturated carbocycles. The molecular weight excluding hydrogens is 390 g/mol. The van der Waals surface area contributed by atoms with Gasteiger partial charge >= 0.3 is 0 Å². The maximum absolute atomic E-state index is 13.6. The third kappa shape index (κ3) is 3.67. The molecule has 7 nitrogen and oxygen atoms in total. The number of hydrogen-bond donors (Lipinski definition) is 0. The molecule has 0 radical (unpaired) electrons. The monoisotopic (exact) mass is 415 g/mol. The smallest absolute Gasteiger partial charge is 0.272 e. The second kappa shape index (κ2) is 7.91. The summed E-state index contributed by atoms with van der Waals surface area (Å²) in [5, 5.41) is 9.30. The van der Waals surface area contributed by atoms with Gasteiger partial charge in [-0.2, -0.15) is 10.2 Å². The van der Waals surface area contributed by atoms with E-state index in [0.29, 0.717) is 18.8 Å². The number of aromatic nitrogens is 4. The summed E-state index contributed by atoms with van der Waals surface area (Å²) in [4.78, 5) is 15.4. The Bertz CT molecular complexity index is 1200. The summed E-state index contributed by atoms with van der Waals surface area (Å²) in [6, 6.07) is 15.5. The van der Waals surface area contributed by atoms with Crippen molar-refractivity contribution >= 4 is 5.91 Å². The van der Waals surface area contributed by atoms with E-state index in [4.69, 9.17) is 9.52 Å². The van der Waals surface area contributed by atoms with Crippen molar-refractivity contribution in [2.24, 2.45) is 14.1 Å². The zero-order valence-corrected chi connectivity index (χ0v) is 17.8. The standard InChI is InChI=1S/C24H25N5O2/c1-27-22-12-6-11-19(22)21(26-27)16-29(15-18-10-7-13-31-18)24(30)23-14-20(25-28(23)2)17-8-4-3-5-9-17/h3-5,7-10,13-14H,6,11-12,15-16H2,1-2H3. The molecule has 4 aromatic rings. The van der Waals surface area contributed by atoms with E-state index >= 15 is 0 Å². The van der Waals surface area contributed by atoms with Crippen LogP contribution in [0.15, 0.2) is 59.2 Å². The Morgan fingerprint density at radius 2 is 1.87 bits per heavy atom. The maximum atomic E-state index is 13.6. The Morgan fingerprint density at radius 1 is 1.03 bits per heavy atom. The molecule has 0 spiro atoms. The third-order valence-corrected chi connectivity index (χ3v) is 5.92. The van der Waals surface area contributed by atoms with Crippen LogP contribution >= 0.6 is 0 Å². The Morgan fingerprint density at radius 3 is 2.65 bits per heavy atom. The summed E-state index contributed by atoms with van der Waals surface area (Å²) in [7, 11) is 3.79. The molecule has 0 fully saturated rings. The molecule has 31 heavy (non-hydrogen) atoms. The lowest BCUT2D eigenvalue weighted by Crippen LogP contribution is -2.32. The summed E-state index contributed by atoms with van der Waals surface area (Å²) in [6.07, 6.45) is 4.84. The first-order valence-electron chi connectivity index (χ1n) is 10.5. The quantitative estimate of drug-likeness (QED) is 0.481. The molecule has 0 bridgehead atoms. The topological polar surface area (TPSA) is 69.1 Å². The van der Waals surface area contributed by atoms with Crippen LogP contribution in [0, 0.1) is 0 Å². The fourth-order valence-corrected chi connectivity index (χ4v) is 4.37. The van der Waals surface area contributed by atoms with Gasteiger partial charge in [-0.25, -0.2) is 0 Å². The first kappa shape index (κ1) is 19.4. The maximum Gasteiger partial charge on any atom is 0.272 e. The van der Waals surface area contributed by atoms with Crippen LogP contribution in [-0.2, 0) is 40.0 Å². The van der Waals surface area contributed by atoms with Gasteiger partial charge in [-0.15, -0.1) is 0 Å². The highest BCUT2D eigenvalue weighted by molar-refractivity contribution is 5.93. The van der Waals surface area contributed by atoms with E-state index in [2.05, 4.69) is 5.10 Å². The number of aryl methyl sites for hydroxylation is 2. The molecule has 0 atom stereocenters. The predicted octanol–water partition coefficient (Wildman–Crippen LogP) is 3.74. The van der Waals surface area contributed by atoms with Crippen molar-refractivity contribution in [1.82, 2.24) is 24.5 Å². The average Bonchev–Trinajstić information content (AvgIpc) is 3.56. The SMILES string of the molecule is Cn1nc(-c2ccccc2)cc1C(=O)N(Cc1ccco1)Cc1nn(C)c2c1CCC2. The Hall–Kier alpha value is -3.61. The van der Waals surface area contributed by atoms with Crippen LogP contribution in [0.2, 0.25) is 0 Å². The molecule has 3 heterocycles. The molecule has 7 heteroatoms. The number of carbonyl (C=O) groups excluding carboxylic acids is 1. The second-order valence-corrected chi connectivity index (χ2v) is 7.99. The van der Waals surface area contributed by atoms with Crippen molar-refractivity contribution in [3.63, 3.8) is 0 Å². The van der Waals surface area contributed by atoms with Gasteiger partial charge in [-0.05, 0) is 43.0 Å². The van der Waals surface area contributed by atoms with Gasteiger partial charge in [-0.3, -0.25) is 14.2 Å². The van der Waals surface area contributed by atoms with Gasteiger partial charge in [0.2, 0.25) is 0 Å². The highest BCUT2D eigenvalue weighted by Crippen LogP contribution is 2.27. The van der Waals surface area contributed by atoms with E-state index in [1.165, 1.54) is 11.3 Å². The molecule has 0 saturated heterocycles. The van der Waals surface area contributed by atoms with Crippen LogP contribution in [0.1, 0.15) is 39.6 Å². The van der Waals surface area contributed by atoms with Crippen molar-refractivity contribution in [1.29, 1.82) is 0 Å². The molecule has 1 aliphatic rings. The molecule has 1 aliphatic carbocycles. The minimum absolute atomic E-state index is 0.0917. The van der Waals surface area contributed by atoms with Crippen LogP contribution in [0.4, 0.5) is 0 Å². The summed E-state index contributed by atoms with van der Waals surface area (Å²) in [5.74, 6) is 0.650. The van der Waals surface area contributed by atoms with E-state index in [0.717, 1.165) is 42.0 Å². The normalized spacial score (nSPS) is 12.8. The Kier molecular flexibility index (Phi) is 4.94. The van der Waals surface area contributed by atoms with Crippen LogP contribution in [0.3, 0.4) is 0 Å². The Labute approximate surface area is 180 Å². The number of furan rings is 1. The third-order valence-electron chi connectivity index (χ3n) is 5.92. The van der Waals surface area contributed by atoms with Crippen LogP contribution < -0.4 is 0 Å². The van der Waals surface area contributed by atoms with Crippen molar-refractivity contribution in [2.75, 3.05) is 0 Å². The molecule has 1 amide bonds. The summed E-state index contributed by atoms with van der Waals surface area (Å²) < 4.78 is 9.17. The highest BCUT2D eigenvalue weighted by atomic mass is 16.3. The highest BCUT2D eigenvalue weighted by Gasteiger charge is 2.27. The van der Waals surface area contributed by atoms with E-state index in [1.807, 2.05) is 67.3 Å². The van der Waals surface area contributed by atoms with E-state index in [-0.39, 0.29) is 5.91 Å². The number of fused-ring (bicyclic) bond motifs is 1. The van der Waals surface area contributed by atoms with E-state index in [9.17, 15) is 4.79 Å². The van der Waals surface area contributed by atoms with Gasteiger partial charge in [0.15, 0.2) is 0 Å². The van der Waals surface area contributed by atoms with E-state index in [1.54, 1.807) is 15.8 Å². The number of amides is 1. The van der Waals surface area contributed by atoms with Crippen LogP contribution in [0.5, 0.6) is 0 Å². The average molecular weight is 415 g/mol. The van der Waals surface area contributed by atoms with Gasteiger partial charge < -0.3 is 9.32 Å². The number of carbonyl (C=O) groups is 1. The summed E-state index contributed by atoms with van der Waals surface area (Å²) in [5.41, 5.74) is 5.85. The lowest BCUT2D eigenvalue weighted by atomic mass is 10.1. The molecule has 3 aromatic heterocycles. The fraction of sp³-hybridized carbons (Fsp3) is 0.292. The number of rotatable bonds is 6. The lowest BCUT2D eigenvalue weighted by molar-refractivity contribution is 0.0703. The van der Waals surface area contributed by atoms with Gasteiger partial charge in [0.1, 0.15) is 11.5 Å². The minimum Gasteiger partial charge on any atom is -0.467 e. The minimum atomic E-state index is -0.0917. The zero-order valence-electron chi connectivity index (χ0n) is 17.8.